The molecule has 0 fully saturated rings. The molecular weight excluding hydrogens is 476 g/mol. The lowest BCUT2D eigenvalue weighted by molar-refractivity contribution is -0.131. The Hall–Kier alpha value is -3.30. The number of ketones is 1. The van der Waals surface area contributed by atoms with Gasteiger partial charge in [0.25, 0.3) is 0 Å². The van der Waals surface area contributed by atoms with E-state index in [1.165, 1.54) is 20.3 Å². The number of amides is 1. The monoisotopic (exact) mass is 516 g/mol. The smallest absolute Gasteiger partial charge is 0.227 e. The number of likely N-dealkylation sites (N-methyl/N-ethyl adjacent to an activating group) is 1. The molecule has 1 amide bonds. The van der Waals surface area contributed by atoms with Crippen molar-refractivity contribution in [2.24, 2.45) is 0 Å². The van der Waals surface area contributed by atoms with Gasteiger partial charge in [0, 0.05) is 38.4 Å². The van der Waals surface area contributed by atoms with Crippen molar-refractivity contribution >= 4 is 11.7 Å². The van der Waals surface area contributed by atoms with Gasteiger partial charge in [-0.3, -0.25) is 9.59 Å². The molecule has 204 valence electrons. The molecule has 0 radical (unpaired) electrons. The molecule has 0 aliphatic carbocycles. The Balaban J connectivity index is 2.51. The topological polar surface area (TPSA) is 109 Å². The molecular formula is C28H40N2O7. The van der Waals surface area contributed by atoms with Crippen LogP contribution >= 0.6 is 0 Å². The van der Waals surface area contributed by atoms with Gasteiger partial charge in [0.05, 0.1) is 32.8 Å². The molecule has 2 N–H and O–H groups in total. The van der Waals surface area contributed by atoms with Crippen LogP contribution in [-0.2, 0) is 22.4 Å². The lowest BCUT2D eigenvalue weighted by Gasteiger charge is -2.27. The highest BCUT2D eigenvalue weighted by molar-refractivity contribution is 6.12. The molecule has 0 atom stereocenters. The molecule has 37 heavy (non-hydrogen) atoms. The zero-order valence-corrected chi connectivity index (χ0v) is 22.8. The van der Waals surface area contributed by atoms with Gasteiger partial charge in [-0.15, -0.1) is 0 Å². The molecule has 2 aromatic carbocycles. The van der Waals surface area contributed by atoms with Gasteiger partial charge < -0.3 is 34.2 Å². The van der Waals surface area contributed by atoms with Crippen LogP contribution in [0.1, 0.15) is 47.8 Å². The Kier molecular flexibility index (Phi) is 11.7. The summed E-state index contributed by atoms with van der Waals surface area (Å²) in [5.41, 5.74) is 1.01. The van der Waals surface area contributed by atoms with E-state index < -0.39 is 5.78 Å². The quantitative estimate of drug-likeness (QED) is 0.347. The van der Waals surface area contributed by atoms with E-state index in [2.05, 4.69) is 18.7 Å². The predicted octanol–water partition coefficient (Wildman–Crippen LogP) is 3.27. The van der Waals surface area contributed by atoms with Gasteiger partial charge in [-0.2, -0.15) is 0 Å². The van der Waals surface area contributed by atoms with Crippen LogP contribution in [0.15, 0.2) is 24.3 Å². The number of phenols is 2. The number of aromatic hydroxyl groups is 2. The van der Waals surface area contributed by atoms with E-state index in [0.29, 0.717) is 55.3 Å². The third-order valence-electron chi connectivity index (χ3n) is 6.56. The molecule has 9 heteroatoms. The average Bonchev–Trinajstić information content (AvgIpc) is 2.90. The highest BCUT2D eigenvalue weighted by Gasteiger charge is 2.27. The summed E-state index contributed by atoms with van der Waals surface area (Å²) in [7, 11) is 4.55. The minimum Gasteiger partial charge on any atom is -0.508 e. The van der Waals surface area contributed by atoms with E-state index in [0.717, 1.165) is 19.2 Å². The van der Waals surface area contributed by atoms with Gasteiger partial charge in [0.15, 0.2) is 17.3 Å². The minimum absolute atomic E-state index is 0.00865. The van der Waals surface area contributed by atoms with Crippen molar-refractivity contribution in [2.75, 3.05) is 60.7 Å². The zero-order valence-electron chi connectivity index (χ0n) is 22.8. The lowest BCUT2D eigenvalue weighted by atomic mass is 9.89. The summed E-state index contributed by atoms with van der Waals surface area (Å²) in [5, 5.41) is 21.4. The second-order valence-corrected chi connectivity index (χ2v) is 8.58. The maximum atomic E-state index is 13.7. The maximum Gasteiger partial charge on any atom is 0.227 e. The first-order valence-corrected chi connectivity index (χ1v) is 12.6. The highest BCUT2D eigenvalue weighted by Crippen LogP contribution is 2.36. The van der Waals surface area contributed by atoms with Crippen molar-refractivity contribution in [3.8, 4) is 23.0 Å². The molecule has 0 unspecified atom stereocenters. The second kappa shape index (κ2) is 14.4. The van der Waals surface area contributed by atoms with E-state index in [-0.39, 0.29) is 35.0 Å². The molecule has 0 aromatic heterocycles. The minimum atomic E-state index is -0.484. The van der Waals surface area contributed by atoms with Crippen molar-refractivity contribution in [1.29, 1.82) is 0 Å². The Morgan fingerprint density at radius 1 is 0.838 bits per heavy atom. The van der Waals surface area contributed by atoms with Gasteiger partial charge in [-0.1, -0.05) is 20.8 Å². The molecule has 0 saturated carbocycles. The van der Waals surface area contributed by atoms with E-state index in [1.807, 2.05) is 6.92 Å². The third kappa shape index (κ3) is 7.36. The Morgan fingerprint density at radius 2 is 1.51 bits per heavy atom. The molecule has 0 bridgehead atoms. The standard InChI is InChI=1S/C28H40N2O7/c1-7-20-21(17-26(33)30(14-15-35-4)13-12-29(8-2)9-3)27(23(32)18-22(20)31)28(34)19-10-11-24(36-5)25(16-19)37-6/h10-11,16,18,31-32H,7-9,12-15,17H2,1-6H3. The summed E-state index contributed by atoms with van der Waals surface area (Å²) < 4.78 is 15.8. The summed E-state index contributed by atoms with van der Waals surface area (Å²) in [6.45, 7) is 9.66. The van der Waals surface area contributed by atoms with Gasteiger partial charge in [0.1, 0.15) is 11.5 Å². The molecule has 0 heterocycles. The third-order valence-corrected chi connectivity index (χ3v) is 6.56. The average molecular weight is 517 g/mol. The van der Waals surface area contributed by atoms with Crippen molar-refractivity contribution in [3.63, 3.8) is 0 Å². The number of phenolic OH excluding ortho intramolecular Hbond substituents is 2. The lowest BCUT2D eigenvalue weighted by Crippen LogP contribution is -2.41. The van der Waals surface area contributed by atoms with Gasteiger partial charge >= 0.3 is 0 Å². The second-order valence-electron chi connectivity index (χ2n) is 8.58. The number of ether oxygens (including phenoxy) is 3. The summed E-state index contributed by atoms with van der Waals surface area (Å²) in [6, 6.07) is 5.86. The normalized spacial score (nSPS) is 11.0. The van der Waals surface area contributed by atoms with E-state index in [1.54, 1.807) is 24.1 Å². The van der Waals surface area contributed by atoms with Crippen LogP contribution in [0.25, 0.3) is 0 Å². The fourth-order valence-electron chi connectivity index (χ4n) is 4.34. The van der Waals surface area contributed by atoms with E-state index >= 15 is 0 Å². The number of hydrogen-bond donors (Lipinski definition) is 2. The number of carbonyl (C=O) groups is 2. The van der Waals surface area contributed by atoms with Gasteiger partial charge in [-0.25, -0.2) is 0 Å². The molecule has 0 aliphatic heterocycles. The predicted molar refractivity (Wildman–Crippen MR) is 142 cm³/mol. The SMILES string of the molecule is CCc1c(O)cc(O)c(C(=O)c2ccc(OC)c(OC)c2)c1CC(=O)N(CCOC)CCN(CC)CC. The molecule has 0 spiro atoms. The number of benzene rings is 2. The summed E-state index contributed by atoms with van der Waals surface area (Å²) in [6.07, 6.45) is 0.222. The maximum absolute atomic E-state index is 13.7. The fourth-order valence-corrected chi connectivity index (χ4v) is 4.34. The summed E-state index contributed by atoms with van der Waals surface area (Å²) >= 11 is 0. The molecule has 0 aliphatic rings. The number of nitrogens with zero attached hydrogens (tertiary/aromatic N) is 2. The van der Waals surface area contributed by atoms with Crippen molar-refractivity contribution in [3.05, 3.63) is 46.5 Å². The van der Waals surface area contributed by atoms with E-state index in [9.17, 15) is 19.8 Å². The number of rotatable bonds is 15. The Bertz CT molecular complexity index is 1070. The van der Waals surface area contributed by atoms with Crippen LogP contribution in [0.3, 0.4) is 0 Å². The van der Waals surface area contributed by atoms with Crippen molar-refractivity contribution < 1.29 is 34.0 Å². The van der Waals surface area contributed by atoms with Crippen LogP contribution in [-0.4, -0.2) is 92.4 Å². The molecule has 0 saturated heterocycles. The summed E-state index contributed by atoms with van der Waals surface area (Å²) in [4.78, 5) is 31.1. The number of carbonyl (C=O) groups excluding carboxylic acids is 2. The number of hydrogen-bond acceptors (Lipinski definition) is 8. The first-order valence-electron chi connectivity index (χ1n) is 12.6. The number of methoxy groups -OCH3 is 3. The first-order chi connectivity index (χ1) is 17.8. The fraction of sp³-hybridized carbons (Fsp3) is 0.500. The van der Waals surface area contributed by atoms with Crippen molar-refractivity contribution in [2.45, 2.75) is 33.6 Å². The first kappa shape index (κ1) is 29.9. The highest BCUT2D eigenvalue weighted by atomic mass is 16.5. The van der Waals surface area contributed by atoms with Crippen LogP contribution < -0.4 is 9.47 Å². The van der Waals surface area contributed by atoms with Crippen LogP contribution in [0.2, 0.25) is 0 Å². The molecule has 2 rings (SSSR count). The molecule has 2 aromatic rings. The Labute approximate surface area is 219 Å². The van der Waals surface area contributed by atoms with E-state index in [4.69, 9.17) is 14.2 Å². The van der Waals surface area contributed by atoms with Crippen LogP contribution in [0.4, 0.5) is 0 Å². The van der Waals surface area contributed by atoms with Gasteiger partial charge in [0.2, 0.25) is 5.91 Å². The summed E-state index contributed by atoms with van der Waals surface area (Å²) in [5.74, 6) is -0.419. The van der Waals surface area contributed by atoms with Crippen molar-refractivity contribution in [1.82, 2.24) is 9.80 Å². The van der Waals surface area contributed by atoms with Crippen LogP contribution in [0, 0.1) is 0 Å². The van der Waals surface area contributed by atoms with Crippen LogP contribution in [0.5, 0.6) is 23.0 Å². The Morgan fingerprint density at radius 3 is 2.08 bits per heavy atom. The molecule has 9 nitrogen and oxygen atoms in total. The largest absolute Gasteiger partial charge is 0.508 e. The zero-order chi connectivity index (χ0) is 27.5. The van der Waals surface area contributed by atoms with Gasteiger partial charge in [-0.05, 0) is 48.8 Å².